The van der Waals surface area contributed by atoms with Crippen molar-refractivity contribution in [2.45, 2.75) is 242 Å². The summed E-state index contributed by atoms with van der Waals surface area (Å²) in [7, 11) is 10.0. The van der Waals surface area contributed by atoms with E-state index in [0.29, 0.717) is 6.42 Å². The number of carbonyl (C=O) groups excluding carboxylic acids is 11. The van der Waals surface area contributed by atoms with Crippen LogP contribution in [-0.2, 0) is 52.7 Å². The van der Waals surface area contributed by atoms with Crippen LogP contribution in [0.5, 0.6) is 0 Å². The minimum Gasteiger partial charge on any atom is -0.390 e. The van der Waals surface area contributed by atoms with Gasteiger partial charge in [0, 0.05) is 49.3 Å². The van der Waals surface area contributed by atoms with Gasteiger partial charge < -0.3 is 60.7 Å². The van der Waals surface area contributed by atoms with Gasteiger partial charge in [-0.25, -0.2) is 0 Å². The highest BCUT2D eigenvalue weighted by Crippen LogP contribution is 2.26. The van der Waals surface area contributed by atoms with Crippen molar-refractivity contribution in [3.8, 4) is 0 Å². The summed E-state index contributed by atoms with van der Waals surface area (Å²) in [4.78, 5) is 170. The summed E-state index contributed by atoms with van der Waals surface area (Å²) in [5, 5.41) is 23.2. The molecule has 13 atom stereocenters. The number of nitrogens with zero attached hydrogens (tertiary/aromatic N) is 7. The molecule has 23 nitrogen and oxygen atoms in total. The smallest absolute Gasteiger partial charge is 0.246 e. The number of carbonyl (C=O) groups is 11. The van der Waals surface area contributed by atoms with Gasteiger partial charge in [-0.3, -0.25) is 52.7 Å². The number of likely N-dealkylation sites (N-methyl/N-ethyl adjacent to an activating group) is 7. The van der Waals surface area contributed by atoms with E-state index in [-0.39, 0.29) is 62.2 Å². The number of nitrogens with one attached hydrogen (secondary N) is 4. The summed E-state index contributed by atoms with van der Waals surface area (Å²) in [6, 6.07) is -13.5. The van der Waals surface area contributed by atoms with E-state index in [9.17, 15) is 48.3 Å². The van der Waals surface area contributed by atoms with Crippen molar-refractivity contribution in [3.05, 3.63) is 12.2 Å². The molecule has 23 heteroatoms. The van der Waals surface area contributed by atoms with E-state index in [1.807, 2.05) is 61.5 Å². The van der Waals surface area contributed by atoms with Gasteiger partial charge in [-0.05, 0) is 107 Å². The first-order chi connectivity index (χ1) is 40.2. The lowest BCUT2D eigenvalue weighted by Gasteiger charge is -2.41. The molecule has 0 spiro atoms. The Morgan fingerprint density at radius 2 is 0.782 bits per heavy atom. The van der Waals surface area contributed by atoms with Gasteiger partial charge in [-0.1, -0.05) is 116 Å². The van der Waals surface area contributed by atoms with Gasteiger partial charge in [-0.2, -0.15) is 0 Å². The molecular weight excluding hydrogens is 1110 g/mol. The summed E-state index contributed by atoms with van der Waals surface area (Å²) in [5.41, 5.74) is 0. The summed E-state index contributed by atoms with van der Waals surface area (Å²) in [5.74, 6) is -9.67. The van der Waals surface area contributed by atoms with E-state index in [1.54, 1.807) is 61.5 Å². The summed E-state index contributed by atoms with van der Waals surface area (Å²) < 4.78 is 0. The number of aliphatic hydroxyl groups excluding tert-OH is 1. The average molecular weight is 1230 g/mol. The number of allylic oxidation sites excluding steroid dienone is 2. The van der Waals surface area contributed by atoms with Crippen LogP contribution in [0.2, 0.25) is 0 Å². The monoisotopic (exact) mass is 1230 g/mol. The molecule has 0 aliphatic carbocycles. The lowest BCUT2D eigenvalue weighted by molar-refractivity contribution is -0.157. The van der Waals surface area contributed by atoms with Crippen LogP contribution in [-0.4, -0.2) is 226 Å². The number of hydrogen-bond donors (Lipinski definition) is 5. The minimum absolute atomic E-state index is 0.0193. The molecule has 1 heterocycles. The van der Waals surface area contributed by atoms with Gasteiger partial charge >= 0.3 is 0 Å². The molecule has 0 saturated carbocycles. The molecule has 1 saturated heterocycles. The SMILES string of the molecule is C/C=C/C[C@@H](C)[C@@H](O)[C@H]1C(=O)N[C@@H](CC)C(=O)N(C)[C@H](CC)C(=O)N(C)[C@@H](CC(C)C)C(=O)N[C@@H](C(C)C)C(=O)N(C)[C@@H](CC(C)C)C(=O)N[C@@H](C)C(=O)N[C@H](C)C(=O)N(C)[C@@H](CC(C)C)C(=O)N(C)[C@@H](CC(C)C)C(=O)N(C)[C@@H](C(C)C)C(=O)N1C. The molecule has 87 heavy (non-hydrogen) atoms. The van der Waals surface area contributed by atoms with Crippen LogP contribution in [0.25, 0.3) is 0 Å². The number of hydrogen-bond acceptors (Lipinski definition) is 12. The lowest BCUT2D eigenvalue weighted by Crippen LogP contribution is -2.64. The molecule has 0 aromatic carbocycles. The molecule has 1 fully saturated rings. The van der Waals surface area contributed by atoms with Crippen molar-refractivity contribution in [3.63, 3.8) is 0 Å². The maximum absolute atomic E-state index is 15.2. The third-order valence-electron chi connectivity index (χ3n) is 16.8. The largest absolute Gasteiger partial charge is 0.390 e. The Hall–Kier alpha value is -6.13. The quantitative estimate of drug-likeness (QED) is 0.137. The van der Waals surface area contributed by atoms with Gasteiger partial charge in [0.05, 0.1) is 6.10 Å². The molecule has 0 aromatic heterocycles. The van der Waals surface area contributed by atoms with Crippen LogP contribution < -0.4 is 21.3 Å². The van der Waals surface area contributed by atoms with Gasteiger partial charge in [0.25, 0.3) is 0 Å². The Kier molecular flexibility index (Phi) is 32.4. The highest BCUT2D eigenvalue weighted by Gasteiger charge is 2.46. The fourth-order valence-electron chi connectivity index (χ4n) is 11.3. The van der Waals surface area contributed by atoms with Crippen LogP contribution >= 0.6 is 0 Å². The Labute approximate surface area is 521 Å². The maximum atomic E-state index is 15.2. The normalized spacial score (nSPS) is 27.4. The van der Waals surface area contributed by atoms with E-state index < -0.39 is 155 Å². The maximum Gasteiger partial charge on any atom is 0.246 e. The minimum atomic E-state index is -1.62. The zero-order valence-electron chi connectivity index (χ0n) is 57.6. The topological polar surface area (TPSA) is 279 Å². The molecule has 5 N–H and O–H groups in total. The Morgan fingerprint density at radius 1 is 0.402 bits per heavy atom. The van der Waals surface area contributed by atoms with Gasteiger partial charge in [0.2, 0.25) is 65.0 Å². The van der Waals surface area contributed by atoms with E-state index in [4.69, 9.17) is 0 Å². The van der Waals surface area contributed by atoms with Gasteiger partial charge in [0.15, 0.2) is 0 Å². The fraction of sp³-hybridized carbons (Fsp3) is 0.797. The molecule has 11 amide bonds. The molecule has 0 unspecified atom stereocenters. The van der Waals surface area contributed by atoms with Crippen LogP contribution in [0, 0.1) is 41.4 Å². The molecule has 1 aliphatic heterocycles. The van der Waals surface area contributed by atoms with Crippen molar-refractivity contribution < 1.29 is 57.8 Å². The predicted molar refractivity (Wildman–Crippen MR) is 338 cm³/mol. The van der Waals surface area contributed by atoms with Gasteiger partial charge in [-0.15, -0.1) is 0 Å². The molecule has 0 radical (unpaired) electrons. The van der Waals surface area contributed by atoms with Crippen LogP contribution in [0.15, 0.2) is 12.2 Å². The van der Waals surface area contributed by atoms with E-state index in [1.165, 1.54) is 92.6 Å². The van der Waals surface area contributed by atoms with Crippen molar-refractivity contribution in [2.24, 2.45) is 41.4 Å². The summed E-state index contributed by atoms with van der Waals surface area (Å²) >= 11 is 0. The molecule has 498 valence electrons. The summed E-state index contributed by atoms with van der Waals surface area (Å²) in [6.45, 7) is 31.7. The number of amides is 11. The molecule has 0 aromatic rings. The molecule has 0 bridgehead atoms. The van der Waals surface area contributed by atoms with Crippen molar-refractivity contribution in [1.29, 1.82) is 0 Å². The standard InChI is InChI=1S/C64H115N11O12/c1-26-29-30-41(16)53(76)52-57(80)67-44(27-2)59(82)69(19)45(28-3)60(83)70(20)47(32-36(6)7)56(79)68-50(39(12)13)63(86)71(21)46(31-35(4)5)55(78)65-42(17)54(77)66-43(18)58(81)72(22)48(33-37(8)9)61(84)73(23)49(34-38(10)11)62(85)74(24)51(40(14)15)64(87)75(52)25/h26,29,35-53,76H,27-28,30-34H2,1-25H3,(H,65,78)(H,66,77)(H,67,80)(H,68,79)/b29-26+/t41-,42+,43-,44+,45-,46+,47+,48+,49+,50+,51+,52+,53-/m1/s1. The van der Waals surface area contributed by atoms with E-state index >= 15 is 9.59 Å². The third-order valence-corrected chi connectivity index (χ3v) is 16.8. The summed E-state index contributed by atoms with van der Waals surface area (Å²) in [6.07, 6.45) is 3.12. The zero-order valence-corrected chi connectivity index (χ0v) is 57.6. The van der Waals surface area contributed by atoms with Crippen LogP contribution in [0.1, 0.15) is 170 Å². The first-order valence-corrected chi connectivity index (χ1v) is 31.6. The van der Waals surface area contributed by atoms with Gasteiger partial charge in [0.1, 0.15) is 66.5 Å². The molecule has 1 rings (SSSR count). The van der Waals surface area contributed by atoms with Crippen LogP contribution in [0.4, 0.5) is 0 Å². The second-order valence-electron chi connectivity index (χ2n) is 26.7. The Bertz CT molecular complexity index is 2380. The highest BCUT2D eigenvalue weighted by atomic mass is 16.3. The van der Waals surface area contributed by atoms with Crippen LogP contribution in [0.3, 0.4) is 0 Å². The fourth-order valence-corrected chi connectivity index (χ4v) is 11.3. The lowest BCUT2D eigenvalue weighted by atomic mass is 9.91. The third kappa shape index (κ3) is 21.6. The molecule has 1 aliphatic rings. The van der Waals surface area contributed by atoms with Crippen molar-refractivity contribution >= 4 is 65.0 Å². The number of rotatable bonds is 16. The second kappa shape index (κ2) is 35.8. The zero-order chi connectivity index (χ0) is 67.6. The Morgan fingerprint density at radius 3 is 1.21 bits per heavy atom. The Balaban J connectivity index is 4.41. The van der Waals surface area contributed by atoms with Crippen molar-refractivity contribution in [2.75, 3.05) is 49.3 Å². The van der Waals surface area contributed by atoms with E-state index in [2.05, 4.69) is 21.3 Å². The first kappa shape index (κ1) is 78.9. The highest BCUT2D eigenvalue weighted by molar-refractivity contribution is 6.00. The van der Waals surface area contributed by atoms with Crippen molar-refractivity contribution in [1.82, 2.24) is 55.6 Å². The first-order valence-electron chi connectivity index (χ1n) is 31.6. The predicted octanol–water partition coefficient (Wildman–Crippen LogP) is 4.05. The average Bonchev–Trinajstić information content (AvgIpc) is 1.23. The number of aliphatic hydroxyl groups is 1. The molecular formula is C64H115N11O12. The second-order valence-corrected chi connectivity index (χ2v) is 26.7. The van der Waals surface area contributed by atoms with E-state index in [0.717, 1.165) is 4.90 Å².